The van der Waals surface area contributed by atoms with E-state index in [1.165, 1.54) is 16.7 Å². The third-order valence-corrected chi connectivity index (χ3v) is 4.46. The van der Waals surface area contributed by atoms with Crippen LogP contribution in [0.5, 0.6) is 0 Å². The molecule has 0 spiro atoms. The van der Waals surface area contributed by atoms with E-state index >= 15 is 0 Å². The minimum atomic E-state index is 0.161. The molecule has 0 amide bonds. The van der Waals surface area contributed by atoms with E-state index in [1.54, 1.807) is 0 Å². The highest BCUT2D eigenvalue weighted by Crippen LogP contribution is 2.24. The second-order valence-electron chi connectivity index (χ2n) is 7.24. The molecule has 0 saturated heterocycles. The molecule has 0 saturated carbocycles. The Hall–Kier alpha value is -1.87. The maximum Gasteiger partial charge on any atom is 0.171 e. The van der Waals surface area contributed by atoms with Gasteiger partial charge in [-0.15, -0.1) is 0 Å². The molecule has 3 heteroatoms. The highest BCUT2D eigenvalue weighted by Gasteiger charge is 2.14. The van der Waals surface area contributed by atoms with Crippen molar-refractivity contribution in [2.75, 3.05) is 5.32 Å². The summed E-state index contributed by atoms with van der Waals surface area (Å²) in [6.07, 6.45) is 1.05. The number of nitrogens with one attached hydrogen (secondary N) is 2. The third-order valence-electron chi connectivity index (χ3n) is 4.24. The average Bonchev–Trinajstić information content (AvgIpc) is 2.54. The van der Waals surface area contributed by atoms with Crippen LogP contribution in [0.4, 0.5) is 5.69 Å². The first-order valence-corrected chi connectivity index (χ1v) is 8.97. The van der Waals surface area contributed by atoms with E-state index in [0.717, 1.165) is 12.1 Å². The Morgan fingerprint density at radius 3 is 2.08 bits per heavy atom. The van der Waals surface area contributed by atoms with Gasteiger partial charge in [0.15, 0.2) is 5.11 Å². The monoisotopic (exact) mass is 340 g/mol. The number of aryl methyl sites for hydroxylation is 1. The van der Waals surface area contributed by atoms with Gasteiger partial charge in [-0.1, -0.05) is 64.1 Å². The molecule has 0 fully saturated rings. The normalized spacial score (nSPS) is 12.5. The third kappa shape index (κ3) is 5.07. The summed E-state index contributed by atoms with van der Waals surface area (Å²) in [6, 6.07) is 17.3. The number of rotatable bonds is 4. The molecule has 1 atom stereocenters. The van der Waals surface area contributed by atoms with Crippen LogP contribution in [-0.4, -0.2) is 5.11 Å². The minimum absolute atomic E-state index is 0.161. The molecular weight excluding hydrogens is 312 g/mol. The van der Waals surface area contributed by atoms with Gasteiger partial charge in [0.05, 0.1) is 6.04 Å². The predicted octanol–water partition coefficient (Wildman–Crippen LogP) is 5.59. The summed E-state index contributed by atoms with van der Waals surface area (Å²) in [5.74, 6) is 0. The molecule has 2 N–H and O–H groups in total. The Kier molecular flexibility index (Phi) is 6.00. The van der Waals surface area contributed by atoms with E-state index in [2.05, 4.69) is 93.8 Å². The van der Waals surface area contributed by atoms with Crippen molar-refractivity contribution in [2.45, 2.75) is 52.5 Å². The first-order valence-electron chi connectivity index (χ1n) is 8.56. The first kappa shape index (κ1) is 18.5. The van der Waals surface area contributed by atoms with Crippen molar-refractivity contribution in [3.05, 3.63) is 65.2 Å². The van der Waals surface area contributed by atoms with E-state index in [1.807, 2.05) is 0 Å². The molecular formula is C21H28N2S. The van der Waals surface area contributed by atoms with E-state index in [0.29, 0.717) is 5.11 Å². The number of hydrogen-bond acceptors (Lipinski definition) is 1. The van der Waals surface area contributed by atoms with Crippen molar-refractivity contribution in [1.29, 1.82) is 0 Å². The van der Waals surface area contributed by atoms with Crippen LogP contribution in [0, 0.1) is 0 Å². The van der Waals surface area contributed by atoms with Crippen molar-refractivity contribution in [3.8, 4) is 0 Å². The Balaban J connectivity index is 1.95. The molecule has 0 aliphatic carbocycles. The molecule has 128 valence electrons. The first-order chi connectivity index (χ1) is 11.3. The van der Waals surface area contributed by atoms with Gasteiger partial charge in [-0.3, -0.25) is 0 Å². The maximum absolute atomic E-state index is 5.44. The van der Waals surface area contributed by atoms with Crippen LogP contribution in [0.2, 0.25) is 0 Å². The Morgan fingerprint density at radius 2 is 1.58 bits per heavy atom. The van der Waals surface area contributed by atoms with Crippen molar-refractivity contribution in [2.24, 2.45) is 0 Å². The quantitative estimate of drug-likeness (QED) is 0.709. The SMILES string of the molecule is CCc1ccc(NC(=S)N[C@H](C)c2ccc(C(C)(C)C)cc2)cc1. The fourth-order valence-corrected chi connectivity index (χ4v) is 2.84. The fourth-order valence-electron chi connectivity index (χ4n) is 2.54. The summed E-state index contributed by atoms with van der Waals surface area (Å²) in [5, 5.41) is 7.25. The zero-order chi connectivity index (χ0) is 17.7. The lowest BCUT2D eigenvalue weighted by Crippen LogP contribution is -2.30. The lowest BCUT2D eigenvalue weighted by molar-refractivity contribution is 0.589. The molecule has 2 aromatic rings. The van der Waals surface area contributed by atoms with Gasteiger partial charge in [-0.25, -0.2) is 0 Å². The van der Waals surface area contributed by atoms with E-state index in [-0.39, 0.29) is 11.5 Å². The van der Waals surface area contributed by atoms with E-state index in [9.17, 15) is 0 Å². The van der Waals surface area contributed by atoms with Gasteiger partial charge >= 0.3 is 0 Å². The van der Waals surface area contributed by atoms with Crippen LogP contribution in [0.15, 0.2) is 48.5 Å². The maximum atomic E-state index is 5.44. The highest BCUT2D eigenvalue weighted by molar-refractivity contribution is 7.80. The van der Waals surface area contributed by atoms with Gasteiger partial charge in [-0.05, 0) is 59.8 Å². The molecule has 2 aromatic carbocycles. The molecule has 0 aliphatic heterocycles. The Bertz CT molecular complexity index is 666. The summed E-state index contributed by atoms with van der Waals surface area (Å²) < 4.78 is 0. The van der Waals surface area contributed by atoms with Crippen molar-refractivity contribution in [3.63, 3.8) is 0 Å². The largest absolute Gasteiger partial charge is 0.356 e. The average molecular weight is 341 g/mol. The van der Waals surface area contributed by atoms with Crippen LogP contribution < -0.4 is 10.6 Å². The number of anilines is 1. The lowest BCUT2D eigenvalue weighted by Gasteiger charge is -2.21. The summed E-state index contributed by atoms with van der Waals surface area (Å²) in [6.45, 7) is 11.0. The molecule has 0 aromatic heterocycles. The summed E-state index contributed by atoms with van der Waals surface area (Å²) >= 11 is 5.44. The second kappa shape index (κ2) is 7.80. The van der Waals surface area contributed by atoms with Crippen molar-refractivity contribution in [1.82, 2.24) is 5.32 Å². The topological polar surface area (TPSA) is 24.1 Å². The standard InChI is InChI=1S/C21H28N2S/c1-6-16-7-13-19(14-8-16)23-20(24)22-15(2)17-9-11-18(12-10-17)21(3,4)5/h7-15H,6H2,1-5H3,(H2,22,23,24)/t15-/m1/s1. The Labute approximate surface area is 151 Å². The zero-order valence-corrected chi connectivity index (χ0v) is 16.1. The highest BCUT2D eigenvalue weighted by atomic mass is 32.1. The van der Waals surface area contributed by atoms with Gasteiger partial charge in [0.1, 0.15) is 0 Å². The second-order valence-corrected chi connectivity index (χ2v) is 7.65. The van der Waals surface area contributed by atoms with Gasteiger partial charge < -0.3 is 10.6 Å². The molecule has 2 nitrogen and oxygen atoms in total. The Morgan fingerprint density at radius 1 is 1.00 bits per heavy atom. The molecule has 2 rings (SSSR count). The van der Waals surface area contributed by atoms with Gasteiger partial charge in [0, 0.05) is 5.69 Å². The molecule has 0 bridgehead atoms. The number of benzene rings is 2. The van der Waals surface area contributed by atoms with Gasteiger partial charge in [0.25, 0.3) is 0 Å². The molecule has 0 unspecified atom stereocenters. The number of thiocarbonyl (C=S) groups is 1. The van der Waals surface area contributed by atoms with Crippen LogP contribution in [0.1, 0.15) is 57.4 Å². The van der Waals surface area contributed by atoms with E-state index < -0.39 is 0 Å². The van der Waals surface area contributed by atoms with Crippen molar-refractivity contribution < 1.29 is 0 Å². The summed E-state index contributed by atoms with van der Waals surface area (Å²) in [7, 11) is 0. The van der Waals surface area contributed by atoms with Crippen molar-refractivity contribution >= 4 is 23.0 Å². The minimum Gasteiger partial charge on any atom is -0.356 e. The van der Waals surface area contributed by atoms with Crippen LogP contribution in [-0.2, 0) is 11.8 Å². The smallest absolute Gasteiger partial charge is 0.171 e. The molecule has 24 heavy (non-hydrogen) atoms. The van der Waals surface area contributed by atoms with Crippen LogP contribution in [0.3, 0.4) is 0 Å². The molecule has 0 radical (unpaired) electrons. The van der Waals surface area contributed by atoms with Gasteiger partial charge in [0.2, 0.25) is 0 Å². The predicted molar refractivity (Wildman–Crippen MR) is 109 cm³/mol. The zero-order valence-electron chi connectivity index (χ0n) is 15.3. The fraction of sp³-hybridized carbons (Fsp3) is 0.381. The van der Waals surface area contributed by atoms with Gasteiger partial charge in [-0.2, -0.15) is 0 Å². The number of hydrogen-bond donors (Lipinski definition) is 2. The molecule has 0 heterocycles. The van der Waals surface area contributed by atoms with Crippen LogP contribution in [0.25, 0.3) is 0 Å². The van der Waals surface area contributed by atoms with E-state index in [4.69, 9.17) is 12.2 Å². The molecule has 0 aliphatic rings. The summed E-state index contributed by atoms with van der Waals surface area (Å²) in [4.78, 5) is 0. The summed E-state index contributed by atoms with van der Waals surface area (Å²) in [5.41, 5.74) is 5.09. The van der Waals surface area contributed by atoms with Crippen LogP contribution >= 0.6 is 12.2 Å². The lowest BCUT2D eigenvalue weighted by atomic mass is 9.86.